The smallest absolute Gasteiger partial charge is 0.320 e. The Morgan fingerprint density at radius 2 is 1.97 bits per heavy atom. The van der Waals surface area contributed by atoms with E-state index in [4.69, 9.17) is 9.47 Å². The van der Waals surface area contributed by atoms with Crippen molar-refractivity contribution in [1.82, 2.24) is 10.5 Å². The van der Waals surface area contributed by atoms with Gasteiger partial charge in [0, 0.05) is 11.8 Å². The van der Waals surface area contributed by atoms with Crippen LogP contribution in [0.5, 0.6) is 5.75 Å². The lowest BCUT2D eigenvalue weighted by Crippen LogP contribution is -2.27. The quantitative estimate of drug-likeness (QED) is 0.384. The number of benzene rings is 2. The molecule has 0 bridgehead atoms. The summed E-state index contributed by atoms with van der Waals surface area (Å²) in [6.45, 7) is 0.397. The van der Waals surface area contributed by atoms with Gasteiger partial charge in [0.1, 0.15) is 12.4 Å². The van der Waals surface area contributed by atoms with Gasteiger partial charge in [0.15, 0.2) is 5.54 Å². The van der Waals surface area contributed by atoms with Crippen molar-refractivity contribution in [3.05, 3.63) is 83.9 Å². The third-order valence-electron chi connectivity index (χ3n) is 4.88. The molecular weight excluding hydrogens is 389 g/mol. The lowest BCUT2D eigenvalue weighted by Gasteiger charge is -2.26. The summed E-state index contributed by atoms with van der Waals surface area (Å²) in [5, 5.41) is 0. The van der Waals surface area contributed by atoms with Gasteiger partial charge in [-0.3, -0.25) is 4.79 Å². The molecule has 1 aliphatic rings. The molecule has 30 heavy (non-hydrogen) atoms. The molecule has 7 nitrogen and oxygen atoms in total. The molecule has 0 unspecified atom stereocenters. The van der Waals surface area contributed by atoms with Gasteiger partial charge in [0.25, 0.3) is 0 Å². The zero-order valence-electron chi connectivity index (χ0n) is 16.0. The van der Waals surface area contributed by atoms with Crippen molar-refractivity contribution in [2.45, 2.75) is 5.54 Å². The van der Waals surface area contributed by atoms with Crippen molar-refractivity contribution < 1.29 is 23.5 Å². The van der Waals surface area contributed by atoms with E-state index in [-0.39, 0.29) is 19.1 Å². The van der Waals surface area contributed by atoms with Crippen LogP contribution in [0.2, 0.25) is 0 Å². The SMILES string of the molecule is COc1ccc([C@]2(c3cccc(-c4cccnc4F)c3)COC(NOC=O)=N2)cc1. The fourth-order valence-corrected chi connectivity index (χ4v) is 3.41. The zero-order chi connectivity index (χ0) is 21.0. The van der Waals surface area contributed by atoms with Gasteiger partial charge in [-0.2, -0.15) is 9.87 Å². The Bertz CT molecular complexity index is 1090. The molecule has 0 radical (unpaired) electrons. The fraction of sp³-hybridized carbons (Fsp3) is 0.136. The first-order chi connectivity index (χ1) is 14.7. The summed E-state index contributed by atoms with van der Waals surface area (Å²) >= 11 is 0. The van der Waals surface area contributed by atoms with Crippen LogP contribution >= 0.6 is 0 Å². The first-order valence-electron chi connectivity index (χ1n) is 9.10. The molecule has 1 N–H and O–H groups in total. The van der Waals surface area contributed by atoms with E-state index in [9.17, 15) is 9.18 Å². The van der Waals surface area contributed by atoms with Crippen molar-refractivity contribution in [3.63, 3.8) is 0 Å². The molecule has 0 saturated carbocycles. The van der Waals surface area contributed by atoms with Crippen LogP contribution in [0, 0.1) is 5.95 Å². The molecular formula is C22H18FN3O4. The van der Waals surface area contributed by atoms with Crippen molar-refractivity contribution in [2.24, 2.45) is 4.99 Å². The Hall–Kier alpha value is -3.94. The third kappa shape index (κ3) is 3.55. The Labute approximate surface area is 172 Å². The van der Waals surface area contributed by atoms with Crippen molar-refractivity contribution in [1.29, 1.82) is 0 Å². The summed E-state index contributed by atoms with van der Waals surface area (Å²) in [6, 6.07) is 18.2. The average Bonchev–Trinajstić information content (AvgIpc) is 3.23. The van der Waals surface area contributed by atoms with Crippen LogP contribution in [0.1, 0.15) is 11.1 Å². The van der Waals surface area contributed by atoms with Crippen LogP contribution < -0.4 is 10.2 Å². The molecule has 0 spiro atoms. The molecule has 2 aromatic carbocycles. The maximum atomic E-state index is 14.3. The number of halogens is 1. The lowest BCUT2D eigenvalue weighted by molar-refractivity contribution is -0.132. The number of hydrogen-bond donors (Lipinski definition) is 1. The number of nitrogens with one attached hydrogen (secondary N) is 1. The van der Waals surface area contributed by atoms with Gasteiger partial charge in [0.05, 0.1) is 7.11 Å². The molecule has 1 aromatic heterocycles. The van der Waals surface area contributed by atoms with Gasteiger partial charge >= 0.3 is 12.5 Å². The fourth-order valence-electron chi connectivity index (χ4n) is 3.41. The van der Waals surface area contributed by atoms with Crippen LogP contribution in [-0.4, -0.2) is 31.2 Å². The Morgan fingerprint density at radius 3 is 2.70 bits per heavy atom. The lowest BCUT2D eigenvalue weighted by atomic mass is 9.83. The normalized spacial score (nSPS) is 17.6. The number of amidine groups is 1. The minimum atomic E-state index is -0.935. The summed E-state index contributed by atoms with van der Waals surface area (Å²) in [7, 11) is 1.59. The largest absolute Gasteiger partial charge is 0.497 e. The average molecular weight is 407 g/mol. The van der Waals surface area contributed by atoms with Crippen LogP contribution in [-0.2, 0) is 19.9 Å². The second-order valence-electron chi connectivity index (χ2n) is 6.53. The van der Waals surface area contributed by atoms with E-state index >= 15 is 0 Å². The maximum Gasteiger partial charge on any atom is 0.320 e. The number of rotatable bonds is 6. The molecule has 0 aliphatic carbocycles. The Morgan fingerprint density at radius 1 is 1.13 bits per heavy atom. The molecule has 152 valence electrons. The van der Waals surface area contributed by atoms with Crippen molar-refractivity contribution >= 4 is 12.5 Å². The topological polar surface area (TPSA) is 82.0 Å². The predicted molar refractivity (Wildman–Crippen MR) is 107 cm³/mol. The highest BCUT2D eigenvalue weighted by Crippen LogP contribution is 2.39. The number of pyridine rings is 1. The van der Waals surface area contributed by atoms with Crippen molar-refractivity contribution in [2.75, 3.05) is 13.7 Å². The summed E-state index contributed by atoms with van der Waals surface area (Å²) in [5.41, 5.74) is 4.08. The standard InChI is InChI=1S/C22H18FN3O4/c1-28-18-9-7-16(8-10-18)22(13-29-21(25-22)26-30-14-27)17-5-2-4-15(12-17)19-6-3-11-24-20(19)23/h2-12,14H,13H2,1H3,(H,25,26)/t22-/m0/s1. The van der Waals surface area contributed by atoms with Gasteiger partial charge in [0.2, 0.25) is 5.95 Å². The number of hydroxylamine groups is 1. The van der Waals surface area contributed by atoms with Crippen LogP contribution in [0.15, 0.2) is 71.9 Å². The van der Waals surface area contributed by atoms with Gasteiger partial charge in [-0.15, -0.1) is 0 Å². The zero-order valence-corrected chi connectivity index (χ0v) is 16.0. The number of carbonyl (C=O) groups is 1. The minimum absolute atomic E-state index is 0.0656. The highest BCUT2D eigenvalue weighted by Gasteiger charge is 2.41. The van der Waals surface area contributed by atoms with Gasteiger partial charge in [-0.1, -0.05) is 30.3 Å². The van der Waals surface area contributed by atoms with E-state index in [0.717, 1.165) is 11.1 Å². The second-order valence-corrected chi connectivity index (χ2v) is 6.53. The number of aromatic nitrogens is 1. The first-order valence-corrected chi connectivity index (χ1v) is 9.10. The summed E-state index contributed by atoms with van der Waals surface area (Å²) in [4.78, 5) is 23.5. The van der Waals surface area contributed by atoms with E-state index in [1.165, 1.54) is 6.20 Å². The van der Waals surface area contributed by atoms with Crippen molar-refractivity contribution in [3.8, 4) is 16.9 Å². The first kappa shape index (κ1) is 19.4. The maximum absolute atomic E-state index is 14.3. The molecule has 0 amide bonds. The summed E-state index contributed by atoms with van der Waals surface area (Å²) in [5.74, 6) is 0.145. The van der Waals surface area contributed by atoms with Gasteiger partial charge in [-0.05, 0) is 47.0 Å². The number of ether oxygens (including phenoxy) is 2. The molecule has 8 heteroatoms. The highest BCUT2D eigenvalue weighted by molar-refractivity contribution is 5.77. The number of hydrogen-bond acceptors (Lipinski definition) is 7. The molecule has 1 atom stereocenters. The van der Waals surface area contributed by atoms with E-state index in [2.05, 4.69) is 20.3 Å². The molecule has 1 aliphatic heterocycles. The summed E-state index contributed by atoms with van der Waals surface area (Å²) < 4.78 is 25.1. The van der Waals surface area contributed by atoms with Gasteiger partial charge < -0.3 is 14.3 Å². The highest BCUT2D eigenvalue weighted by atomic mass is 19.1. The monoisotopic (exact) mass is 407 g/mol. The third-order valence-corrected chi connectivity index (χ3v) is 4.88. The molecule has 0 fully saturated rings. The molecule has 0 saturated heterocycles. The number of nitrogens with zero attached hydrogens (tertiary/aromatic N) is 2. The number of carbonyl (C=O) groups excluding carboxylic acids is 1. The Balaban J connectivity index is 1.83. The molecule has 3 aromatic rings. The predicted octanol–water partition coefficient (Wildman–Crippen LogP) is 3.20. The van der Waals surface area contributed by atoms with E-state index in [1.54, 1.807) is 25.3 Å². The summed E-state index contributed by atoms with van der Waals surface area (Å²) in [6.07, 6.45) is 1.40. The molecule has 4 rings (SSSR count). The van der Waals surface area contributed by atoms with Crippen LogP contribution in [0.4, 0.5) is 4.39 Å². The van der Waals surface area contributed by atoms with E-state index < -0.39 is 11.5 Å². The number of methoxy groups -OCH3 is 1. The van der Waals surface area contributed by atoms with E-state index in [0.29, 0.717) is 16.9 Å². The number of aliphatic imine (C=N–C) groups is 1. The van der Waals surface area contributed by atoms with E-state index in [1.807, 2.05) is 42.5 Å². The van der Waals surface area contributed by atoms with Gasteiger partial charge in [-0.25, -0.2) is 9.98 Å². The van der Waals surface area contributed by atoms with Crippen LogP contribution in [0.25, 0.3) is 11.1 Å². The minimum Gasteiger partial charge on any atom is -0.497 e. The second kappa shape index (κ2) is 8.20. The van der Waals surface area contributed by atoms with Crippen LogP contribution in [0.3, 0.4) is 0 Å². The molecule has 2 heterocycles. The Kier molecular flexibility index (Phi) is 5.30.